The second-order valence-electron chi connectivity index (χ2n) is 5.00. The van der Waals surface area contributed by atoms with E-state index >= 15 is 0 Å². The fourth-order valence-electron chi connectivity index (χ4n) is 2.14. The summed E-state index contributed by atoms with van der Waals surface area (Å²) in [4.78, 5) is 4.07. The summed E-state index contributed by atoms with van der Waals surface area (Å²) in [7, 11) is 0. The van der Waals surface area contributed by atoms with Gasteiger partial charge < -0.3 is 5.73 Å². The predicted octanol–water partition coefficient (Wildman–Crippen LogP) is 2.72. The van der Waals surface area contributed by atoms with E-state index in [0.717, 1.165) is 17.5 Å². The lowest BCUT2D eigenvalue weighted by Gasteiger charge is -2.24. The second kappa shape index (κ2) is 5.27. The van der Waals surface area contributed by atoms with Gasteiger partial charge in [0.2, 0.25) is 0 Å². The average Bonchev–Trinajstić information content (AvgIpc) is 2.28. The molecule has 0 amide bonds. The highest BCUT2D eigenvalue weighted by atomic mass is 19.1. The fourth-order valence-corrected chi connectivity index (χ4v) is 2.14. The SMILES string of the molecule is CC(N)(Cc1cccnc1)Cc1cccc(F)c1. The van der Waals surface area contributed by atoms with Crippen molar-refractivity contribution >= 4 is 0 Å². The van der Waals surface area contributed by atoms with Gasteiger partial charge in [0.25, 0.3) is 0 Å². The van der Waals surface area contributed by atoms with Crippen LogP contribution in [-0.4, -0.2) is 10.5 Å². The van der Waals surface area contributed by atoms with Crippen LogP contribution in [0.1, 0.15) is 18.1 Å². The van der Waals surface area contributed by atoms with Gasteiger partial charge in [0.1, 0.15) is 5.82 Å². The zero-order valence-corrected chi connectivity index (χ0v) is 10.4. The Kier molecular flexibility index (Phi) is 3.72. The van der Waals surface area contributed by atoms with E-state index in [1.165, 1.54) is 12.1 Å². The Morgan fingerprint density at radius 1 is 1.17 bits per heavy atom. The molecule has 1 atom stereocenters. The molecule has 0 spiro atoms. The molecule has 1 unspecified atom stereocenters. The van der Waals surface area contributed by atoms with Crippen LogP contribution in [-0.2, 0) is 12.8 Å². The largest absolute Gasteiger partial charge is 0.325 e. The second-order valence-corrected chi connectivity index (χ2v) is 5.00. The van der Waals surface area contributed by atoms with E-state index in [2.05, 4.69) is 4.98 Å². The number of pyridine rings is 1. The molecule has 2 aromatic rings. The molecule has 0 fully saturated rings. The van der Waals surface area contributed by atoms with E-state index in [4.69, 9.17) is 5.73 Å². The number of aromatic nitrogens is 1. The molecule has 0 bridgehead atoms. The minimum Gasteiger partial charge on any atom is -0.325 e. The summed E-state index contributed by atoms with van der Waals surface area (Å²) >= 11 is 0. The fraction of sp³-hybridized carbons (Fsp3) is 0.267. The molecule has 0 saturated carbocycles. The summed E-state index contributed by atoms with van der Waals surface area (Å²) in [5.74, 6) is -0.218. The van der Waals surface area contributed by atoms with Gasteiger partial charge in [-0.1, -0.05) is 18.2 Å². The van der Waals surface area contributed by atoms with Gasteiger partial charge in [-0.25, -0.2) is 4.39 Å². The molecule has 0 radical (unpaired) electrons. The first-order valence-electron chi connectivity index (χ1n) is 5.97. The standard InChI is InChI=1S/C15H17FN2/c1-15(17,10-13-5-3-7-18-11-13)9-12-4-2-6-14(16)8-12/h2-8,11H,9-10,17H2,1H3. The molecule has 0 aliphatic heterocycles. The molecule has 94 valence electrons. The van der Waals surface area contributed by atoms with Crippen LogP contribution in [0.2, 0.25) is 0 Å². The predicted molar refractivity (Wildman–Crippen MR) is 70.6 cm³/mol. The number of rotatable bonds is 4. The third kappa shape index (κ3) is 3.64. The van der Waals surface area contributed by atoms with Crippen molar-refractivity contribution in [3.63, 3.8) is 0 Å². The monoisotopic (exact) mass is 244 g/mol. The molecule has 3 heteroatoms. The summed E-state index contributed by atoms with van der Waals surface area (Å²) in [5, 5.41) is 0. The molecular formula is C15H17FN2. The molecule has 0 aliphatic rings. The number of nitrogens with two attached hydrogens (primary N) is 1. The summed E-state index contributed by atoms with van der Waals surface area (Å²) in [6.07, 6.45) is 4.91. The van der Waals surface area contributed by atoms with Gasteiger partial charge >= 0.3 is 0 Å². The van der Waals surface area contributed by atoms with Crippen LogP contribution >= 0.6 is 0 Å². The maximum atomic E-state index is 13.1. The molecule has 0 saturated heterocycles. The Bertz CT molecular complexity index is 509. The molecule has 1 aromatic carbocycles. The molecule has 18 heavy (non-hydrogen) atoms. The molecule has 2 N–H and O–H groups in total. The van der Waals surface area contributed by atoms with Gasteiger partial charge in [0.05, 0.1) is 0 Å². The number of hydrogen-bond acceptors (Lipinski definition) is 2. The van der Waals surface area contributed by atoms with Crippen LogP contribution in [0.4, 0.5) is 4.39 Å². The lowest BCUT2D eigenvalue weighted by molar-refractivity contribution is 0.461. The lowest BCUT2D eigenvalue weighted by Crippen LogP contribution is -2.40. The lowest BCUT2D eigenvalue weighted by atomic mass is 9.88. The Labute approximate surface area is 107 Å². The van der Waals surface area contributed by atoms with Crippen molar-refractivity contribution in [2.45, 2.75) is 25.3 Å². The molecule has 2 nitrogen and oxygen atoms in total. The van der Waals surface area contributed by atoms with E-state index in [9.17, 15) is 4.39 Å². The first kappa shape index (κ1) is 12.7. The van der Waals surface area contributed by atoms with Crippen LogP contribution < -0.4 is 5.73 Å². The van der Waals surface area contributed by atoms with Gasteiger partial charge in [-0.05, 0) is 49.1 Å². The molecule has 1 heterocycles. The van der Waals surface area contributed by atoms with Crippen molar-refractivity contribution in [3.8, 4) is 0 Å². The third-order valence-corrected chi connectivity index (χ3v) is 2.83. The maximum absolute atomic E-state index is 13.1. The summed E-state index contributed by atoms with van der Waals surface area (Å²) < 4.78 is 13.1. The number of benzene rings is 1. The zero-order valence-electron chi connectivity index (χ0n) is 10.4. The third-order valence-electron chi connectivity index (χ3n) is 2.83. The first-order valence-corrected chi connectivity index (χ1v) is 5.97. The van der Waals surface area contributed by atoms with E-state index in [0.29, 0.717) is 6.42 Å². The van der Waals surface area contributed by atoms with E-state index in [-0.39, 0.29) is 5.82 Å². The smallest absolute Gasteiger partial charge is 0.123 e. The minimum absolute atomic E-state index is 0.218. The summed E-state index contributed by atoms with van der Waals surface area (Å²) in [6.45, 7) is 1.98. The van der Waals surface area contributed by atoms with Crippen molar-refractivity contribution in [3.05, 3.63) is 65.7 Å². The molecule has 2 rings (SSSR count). The van der Waals surface area contributed by atoms with Gasteiger partial charge in [-0.15, -0.1) is 0 Å². The van der Waals surface area contributed by atoms with Crippen molar-refractivity contribution in [1.82, 2.24) is 4.98 Å². The number of halogens is 1. The first-order chi connectivity index (χ1) is 8.55. The normalized spacial score (nSPS) is 14.2. The highest BCUT2D eigenvalue weighted by molar-refractivity contribution is 5.21. The van der Waals surface area contributed by atoms with Crippen molar-refractivity contribution in [2.24, 2.45) is 5.73 Å². The Hall–Kier alpha value is -1.74. The number of nitrogens with zero attached hydrogens (tertiary/aromatic N) is 1. The molecule has 1 aromatic heterocycles. The maximum Gasteiger partial charge on any atom is 0.123 e. The van der Waals surface area contributed by atoms with E-state index < -0.39 is 5.54 Å². The van der Waals surface area contributed by atoms with E-state index in [1.54, 1.807) is 12.3 Å². The molecular weight excluding hydrogens is 227 g/mol. The van der Waals surface area contributed by atoms with Crippen LogP contribution in [0.25, 0.3) is 0 Å². The van der Waals surface area contributed by atoms with Gasteiger partial charge in [-0.2, -0.15) is 0 Å². The summed E-state index contributed by atoms with van der Waals surface area (Å²) in [6, 6.07) is 10.5. The number of hydrogen-bond donors (Lipinski definition) is 1. The van der Waals surface area contributed by atoms with Crippen LogP contribution in [0.3, 0.4) is 0 Å². The molecule has 0 aliphatic carbocycles. The zero-order chi connectivity index (χ0) is 13.0. The topological polar surface area (TPSA) is 38.9 Å². The quantitative estimate of drug-likeness (QED) is 0.898. The van der Waals surface area contributed by atoms with E-state index in [1.807, 2.05) is 31.3 Å². The van der Waals surface area contributed by atoms with Crippen molar-refractivity contribution < 1.29 is 4.39 Å². The highest BCUT2D eigenvalue weighted by Gasteiger charge is 2.20. The van der Waals surface area contributed by atoms with Gasteiger partial charge in [0, 0.05) is 17.9 Å². The van der Waals surface area contributed by atoms with Crippen molar-refractivity contribution in [1.29, 1.82) is 0 Å². The van der Waals surface area contributed by atoms with Crippen LogP contribution in [0.15, 0.2) is 48.8 Å². The van der Waals surface area contributed by atoms with Gasteiger partial charge in [-0.3, -0.25) is 4.98 Å². The Morgan fingerprint density at radius 3 is 2.56 bits per heavy atom. The minimum atomic E-state index is -0.406. The highest BCUT2D eigenvalue weighted by Crippen LogP contribution is 2.16. The van der Waals surface area contributed by atoms with Crippen LogP contribution in [0, 0.1) is 5.82 Å². The van der Waals surface area contributed by atoms with Gasteiger partial charge in [0.15, 0.2) is 0 Å². The Balaban J connectivity index is 2.07. The van der Waals surface area contributed by atoms with Crippen LogP contribution in [0.5, 0.6) is 0 Å². The average molecular weight is 244 g/mol. The Morgan fingerprint density at radius 2 is 1.89 bits per heavy atom. The van der Waals surface area contributed by atoms with Crippen molar-refractivity contribution in [2.75, 3.05) is 0 Å². The summed E-state index contributed by atoms with van der Waals surface area (Å²) in [5.41, 5.74) is 7.89.